The van der Waals surface area contributed by atoms with Crippen LogP contribution in [0.4, 0.5) is 0 Å². The Morgan fingerprint density at radius 3 is 2.89 bits per heavy atom. The number of hydrogen-bond donors (Lipinski definition) is 1. The summed E-state index contributed by atoms with van der Waals surface area (Å²) in [6.07, 6.45) is 2.98. The number of nitrogens with one attached hydrogen (secondary N) is 1. The Labute approximate surface area is 107 Å². The molecular formula is C14H20N2O2. The molecule has 18 heavy (non-hydrogen) atoms. The number of H-pyrrole nitrogens is 1. The normalized spacial score (nSPS) is 12.8. The molecule has 0 spiro atoms. The monoisotopic (exact) mass is 248 g/mol. The molecule has 2 aromatic rings. The van der Waals surface area contributed by atoms with E-state index in [1.807, 2.05) is 12.3 Å². The van der Waals surface area contributed by atoms with Gasteiger partial charge in [0.05, 0.1) is 18.3 Å². The molecule has 98 valence electrons. The smallest absolute Gasteiger partial charge is 0.121 e. The number of nitrogens with zero attached hydrogens (tertiary/aromatic N) is 1. The van der Waals surface area contributed by atoms with Crippen LogP contribution in [0.3, 0.4) is 0 Å². The highest BCUT2D eigenvalue weighted by molar-refractivity contribution is 5.83. The van der Waals surface area contributed by atoms with Crippen molar-refractivity contribution in [3.05, 3.63) is 23.9 Å². The second-order valence-electron chi connectivity index (χ2n) is 4.49. The van der Waals surface area contributed by atoms with E-state index >= 15 is 0 Å². The van der Waals surface area contributed by atoms with Crippen molar-refractivity contribution < 1.29 is 9.47 Å². The van der Waals surface area contributed by atoms with Crippen LogP contribution in [0.1, 0.15) is 31.7 Å². The van der Waals surface area contributed by atoms with E-state index in [2.05, 4.69) is 30.1 Å². The number of ether oxygens (including phenoxy) is 2. The van der Waals surface area contributed by atoms with E-state index in [9.17, 15) is 0 Å². The van der Waals surface area contributed by atoms with Crippen molar-refractivity contribution in [2.24, 2.45) is 0 Å². The topological polar surface area (TPSA) is 47.1 Å². The number of hydrogen-bond acceptors (Lipinski definition) is 3. The second kappa shape index (κ2) is 5.87. The number of aromatic nitrogens is 2. The van der Waals surface area contributed by atoms with Crippen molar-refractivity contribution in [3.8, 4) is 5.75 Å². The van der Waals surface area contributed by atoms with Gasteiger partial charge in [0.1, 0.15) is 12.4 Å². The zero-order valence-corrected chi connectivity index (χ0v) is 11.2. The van der Waals surface area contributed by atoms with Crippen molar-refractivity contribution in [3.63, 3.8) is 0 Å². The summed E-state index contributed by atoms with van der Waals surface area (Å²) in [6, 6.07) is 4.10. The summed E-state index contributed by atoms with van der Waals surface area (Å²) >= 11 is 0. The third kappa shape index (κ3) is 2.64. The molecule has 1 unspecified atom stereocenters. The van der Waals surface area contributed by atoms with Crippen molar-refractivity contribution in [2.45, 2.75) is 26.2 Å². The van der Waals surface area contributed by atoms with Gasteiger partial charge in [0, 0.05) is 18.6 Å². The first-order valence-corrected chi connectivity index (χ1v) is 6.35. The van der Waals surface area contributed by atoms with Gasteiger partial charge in [-0.05, 0) is 24.0 Å². The van der Waals surface area contributed by atoms with Crippen LogP contribution < -0.4 is 4.74 Å². The average Bonchev–Trinajstić information content (AvgIpc) is 2.85. The van der Waals surface area contributed by atoms with E-state index < -0.39 is 0 Å². The number of methoxy groups -OCH3 is 1. The fourth-order valence-electron chi connectivity index (χ4n) is 2.00. The summed E-state index contributed by atoms with van der Waals surface area (Å²) in [7, 11) is 1.67. The van der Waals surface area contributed by atoms with E-state index in [-0.39, 0.29) is 0 Å². The van der Waals surface area contributed by atoms with Crippen LogP contribution in [0.15, 0.2) is 18.3 Å². The maximum Gasteiger partial charge on any atom is 0.121 e. The molecule has 1 heterocycles. The van der Waals surface area contributed by atoms with E-state index in [0.29, 0.717) is 19.1 Å². The molecule has 2 rings (SSSR count). The van der Waals surface area contributed by atoms with Crippen molar-refractivity contribution in [1.82, 2.24) is 10.2 Å². The highest BCUT2D eigenvalue weighted by Gasteiger charge is 2.11. The van der Waals surface area contributed by atoms with Crippen LogP contribution in [-0.4, -0.2) is 30.5 Å². The predicted octanol–water partition coefficient (Wildman–Crippen LogP) is 3.10. The lowest BCUT2D eigenvalue weighted by Crippen LogP contribution is -2.05. The molecule has 0 aliphatic carbocycles. The molecule has 1 atom stereocenters. The lowest BCUT2D eigenvalue weighted by Gasteiger charge is -2.13. The Morgan fingerprint density at radius 2 is 2.17 bits per heavy atom. The lowest BCUT2D eigenvalue weighted by molar-refractivity contribution is 0.146. The van der Waals surface area contributed by atoms with Crippen LogP contribution in [-0.2, 0) is 4.74 Å². The Balaban J connectivity index is 2.31. The van der Waals surface area contributed by atoms with Gasteiger partial charge in [-0.3, -0.25) is 5.10 Å². The molecule has 1 aromatic carbocycles. The largest absolute Gasteiger partial charge is 0.491 e. The van der Waals surface area contributed by atoms with Crippen molar-refractivity contribution in [2.75, 3.05) is 20.3 Å². The van der Waals surface area contributed by atoms with Crippen LogP contribution in [0.25, 0.3) is 10.9 Å². The Kier molecular flexibility index (Phi) is 4.20. The number of fused-ring (bicyclic) bond motifs is 1. The average molecular weight is 248 g/mol. The third-order valence-corrected chi connectivity index (χ3v) is 3.26. The molecule has 4 heteroatoms. The fourth-order valence-corrected chi connectivity index (χ4v) is 2.00. The lowest BCUT2D eigenvalue weighted by atomic mass is 9.95. The third-order valence-electron chi connectivity index (χ3n) is 3.26. The summed E-state index contributed by atoms with van der Waals surface area (Å²) in [5.41, 5.74) is 2.32. The summed E-state index contributed by atoms with van der Waals surface area (Å²) < 4.78 is 10.7. The molecular weight excluding hydrogens is 228 g/mol. The van der Waals surface area contributed by atoms with Crippen LogP contribution in [0.2, 0.25) is 0 Å². The first-order valence-electron chi connectivity index (χ1n) is 6.35. The SMILES string of the molecule is CCC(C)c1cc(OCCOC)cc2[nH]ncc12. The molecule has 1 N–H and O–H groups in total. The maximum atomic E-state index is 5.69. The minimum atomic E-state index is 0.496. The maximum absolute atomic E-state index is 5.69. The summed E-state index contributed by atoms with van der Waals surface area (Å²) in [5, 5.41) is 8.30. The Hall–Kier alpha value is -1.55. The van der Waals surface area contributed by atoms with Gasteiger partial charge in [0.15, 0.2) is 0 Å². The van der Waals surface area contributed by atoms with Crippen LogP contribution in [0.5, 0.6) is 5.75 Å². The van der Waals surface area contributed by atoms with E-state index in [1.54, 1.807) is 7.11 Å². The Morgan fingerprint density at radius 1 is 1.33 bits per heavy atom. The molecule has 0 aliphatic rings. The van der Waals surface area contributed by atoms with Gasteiger partial charge in [-0.25, -0.2) is 0 Å². The predicted molar refractivity (Wildman–Crippen MR) is 72.2 cm³/mol. The van der Waals surface area contributed by atoms with Gasteiger partial charge in [-0.1, -0.05) is 13.8 Å². The van der Waals surface area contributed by atoms with E-state index in [1.165, 1.54) is 10.9 Å². The van der Waals surface area contributed by atoms with Gasteiger partial charge in [-0.2, -0.15) is 5.10 Å². The number of benzene rings is 1. The van der Waals surface area contributed by atoms with Gasteiger partial charge >= 0.3 is 0 Å². The first-order chi connectivity index (χ1) is 8.76. The van der Waals surface area contributed by atoms with Crippen molar-refractivity contribution in [1.29, 1.82) is 0 Å². The quantitative estimate of drug-likeness (QED) is 0.799. The molecule has 0 radical (unpaired) electrons. The zero-order chi connectivity index (χ0) is 13.0. The van der Waals surface area contributed by atoms with Gasteiger partial charge in [0.25, 0.3) is 0 Å². The minimum Gasteiger partial charge on any atom is -0.491 e. The van der Waals surface area contributed by atoms with Crippen LogP contribution >= 0.6 is 0 Å². The molecule has 0 amide bonds. The molecule has 0 fully saturated rings. The van der Waals surface area contributed by atoms with E-state index in [4.69, 9.17) is 9.47 Å². The fraction of sp³-hybridized carbons (Fsp3) is 0.500. The first kappa shape index (κ1) is 12.9. The van der Waals surface area contributed by atoms with E-state index in [0.717, 1.165) is 17.7 Å². The van der Waals surface area contributed by atoms with Gasteiger partial charge in [-0.15, -0.1) is 0 Å². The highest BCUT2D eigenvalue weighted by Crippen LogP contribution is 2.30. The molecule has 0 saturated heterocycles. The van der Waals surface area contributed by atoms with Crippen molar-refractivity contribution >= 4 is 10.9 Å². The summed E-state index contributed by atoms with van der Waals surface area (Å²) in [5.74, 6) is 1.37. The van der Waals surface area contributed by atoms with Gasteiger partial charge < -0.3 is 9.47 Å². The molecule has 0 aliphatic heterocycles. The van der Waals surface area contributed by atoms with Gasteiger partial charge in [0.2, 0.25) is 0 Å². The summed E-state index contributed by atoms with van der Waals surface area (Å²) in [4.78, 5) is 0. The Bertz CT molecular complexity index is 507. The minimum absolute atomic E-state index is 0.496. The zero-order valence-electron chi connectivity index (χ0n) is 11.2. The molecule has 4 nitrogen and oxygen atoms in total. The standard InChI is InChI=1S/C14H20N2O2/c1-4-10(2)12-7-11(18-6-5-17-3)8-14-13(12)9-15-16-14/h7-10H,4-6H2,1-3H3,(H,15,16). The molecule has 1 aromatic heterocycles. The number of rotatable bonds is 6. The summed E-state index contributed by atoms with van der Waals surface area (Å²) in [6.45, 7) is 5.57. The molecule has 0 bridgehead atoms. The highest BCUT2D eigenvalue weighted by atomic mass is 16.5. The van der Waals surface area contributed by atoms with Crippen LogP contribution in [0, 0.1) is 0 Å². The molecule has 0 saturated carbocycles. The second-order valence-corrected chi connectivity index (χ2v) is 4.49. The number of aromatic amines is 1.